The fraction of sp³-hybridized carbons (Fsp3) is 1.00. The molecule has 0 unspecified atom stereocenters. The zero-order valence-corrected chi connectivity index (χ0v) is 16.3. The molecule has 23 heavy (non-hydrogen) atoms. The van der Waals surface area contributed by atoms with Gasteiger partial charge in [0.2, 0.25) is 0 Å². The van der Waals surface area contributed by atoms with E-state index in [0.717, 1.165) is 25.7 Å². The molecule has 0 aromatic carbocycles. The molecule has 0 atom stereocenters. The van der Waals surface area contributed by atoms with Crippen molar-refractivity contribution in [3.63, 3.8) is 0 Å². The minimum absolute atomic E-state index is 0.123. The highest BCUT2D eigenvalue weighted by Gasteiger charge is 2.30. The maximum Gasteiger partial charge on any atom is 0.0632 e. The van der Waals surface area contributed by atoms with Gasteiger partial charge < -0.3 is 19.7 Å². The van der Waals surface area contributed by atoms with Gasteiger partial charge in [-0.05, 0) is 36.5 Å². The molecule has 0 rings (SSSR count). The number of rotatable bonds is 12. The fourth-order valence-corrected chi connectivity index (χ4v) is 2.26. The summed E-state index contributed by atoms with van der Waals surface area (Å²) < 4.78 is 11.4. The van der Waals surface area contributed by atoms with Crippen LogP contribution >= 0.6 is 0 Å². The van der Waals surface area contributed by atoms with Gasteiger partial charge in [-0.1, -0.05) is 41.5 Å². The fourth-order valence-electron chi connectivity index (χ4n) is 2.26. The lowest BCUT2D eigenvalue weighted by molar-refractivity contribution is -0.0785. The van der Waals surface area contributed by atoms with Crippen LogP contribution in [0.3, 0.4) is 0 Å². The SMILES string of the molecule is CC(C)(C)CCCOCC(CO)(CO)COCCCC(C)(C)C. The zero-order valence-electron chi connectivity index (χ0n) is 16.3. The summed E-state index contributed by atoms with van der Waals surface area (Å²) in [5.41, 5.74) is -0.0708. The van der Waals surface area contributed by atoms with Gasteiger partial charge in [-0.2, -0.15) is 0 Å². The van der Waals surface area contributed by atoms with Crippen LogP contribution in [0.4, 0.5) is 0 Å². The van der Waals surface area contributed by atoms with Crippen LogP contribution in [0.15, 0.2) is 0 Å². The summed E-state index contributed by atoms with van der Waals surface area (Å²) in [7, 11) is 0. The molecule has 0 aliphatic carbocycles. The number of aliphatic hydroxyl groups is 2. The molecule has 140 valence electrons. The predicted octanol–water partition coefficient (Wildman–Crippen LogP) is 3.64. The van der Waals surface area contributed by atoms with Crippen LogP contribution in [0, 0.1) is 16.2 Å². The second-order valence-corrected chi connectivity index (χ2v) is 9.25. The Morgan fingerprint density at radius 2 is 1.00 bits per heavy atom. The van der Waals surface area contributed by atoms with Crippen molar-refractivity contribution in [3.05, 3.63) is 0 Å². The van der Waals surface area contributed by atoms with Gasteiger partial charge in [-0.25, -0.2) is 0 Å². The van der Waals surface area contributed by atoms with Crippen molar-refractivity contribution >= 4 is 0 Å². The molecule has 2 N–H and O–H groups in total. The molecule has 0 fully saturated rings. The molecule has 0 saturated heterocycles. The van der Waals surface area contributed by atoms with E-state index in [9.17, 15) is 10.2 Å². The van der Waals surface area contributed by atoms with Gasteiger partial charge in [0.05, 0.1) is 31.8 Å². The van der Waals surface area contributed by atoms with E-state index in [1.807, 2.05) is 0 Å². The average molecular weight is 333 g/mol. The molecule has 0 saturated carbocycles. The summed E-state index contributed by atoms with van der Waals surface area (Å²) in [5.74, 6) is 0. The zero-order chi connectivity index (χ0) is 18.0. The van der Waals surface area contributed by atoms with Crippen molar-refractivity contribution in [2.75, 3.05) is 39.6 Å². The van der Waals surface area contributed by atoms with Crippen LogP contribution in [0.2, 0.25) is 0 Å². The van der Waals surface area contributed by atoms with E-state index in [-0.39, 0.29) is 13.2 Å². The van der Waals surface area contributed by atoms with Crippen molar-refractivity contribution in [2.45, 2.75) is 67.2 Å². The van der Waals surface area contributed by atoms with E-state index in [0.29, 0.717) is 37.3 Å². The highest BCUT2D eigenvalue weighted by molar-refractivity contribution is 4.77. The normalized spacial score (nSPS) is 13.6. The minimum Gasteiger partial charge on any atom is -0.396 e. The molecule has 4 nitrogen and oxygen atoms in total. The van der Waals surface area contributed by atoms with Gasteiger partial charge >= 0.3 is 0 Å². The van der Waals surface area contributed by atoms with E-state index >= 15 is 0 Å². The Morgan fingerprint density at radius 1 is 0.652 bits per heavy atom. The van der Waals surface area contributed by atoms with Crippen molar-refractivity contribution in [2.24, 2.45) is 16.2 Å². The first-order chi connectivity index (χ1) is 10.5. The van der Waals surface area contributed by atoms with Gasteiger partial charge in [0.15, 0.2) is 0 Å². The molecule has 0 aromatic heterocycles. The topological polar surface area (TPSA) is 58.9 Å². The molecular formula is C19H40O4. The lowest BCUT2D eigenvalue weighted by Crippen LogP contribution is -2.40. The van der Waals surface area contributed by atoms with E-state index in [4.69, 9.17) is 9.47 Å². The molecule has 0 radical (unpaired) electrons. The molecule has 4 heteroatoms. The van der Waals surface area contributed by atoms with Crippen molar-refractivity contribution < 1.29 is 19.7 Å². The van der Waals surface area contributed by atoms with E-state index in [1.165, 1.54) is 0 Å². The summed E-state index contributed by atoms with van der Waals surface area (Å²) in [6.07, 6.45) is 4.18. The first-order valence-electron chi connectivity index (χ1n) is 8.91. The molecule has 0 heterocycles. The van der Waals surface area contributed by atoms with Crippen molar-refractivity contribution in [1.29, 1.82) is 0 Å². The van der Waals surface area contributed by atoms with Gasteiger partial charge in [-0.15, -0.1) is 0 Å². The molecular weight excluding hydrogens is 292 g/mol. The Bertz CT molecular complexity index is 259. The molecule has 0 aromatic rings. The van der Waals surface area contributed by atoms with E-state index < -0.39 is 5.41 Å². The number of hydrogen-bond donors (Lipinski definition) is 2. The molecule has 0 aliphatic heterocycles. The van der Waals surface area contributed by atoms with Crippen LogP contribution in [-0.2, 0) is 9.47 Å². The molecule has 0 aliphatic rings. The second kappa shape index (κ2) is 10.7. The van der Waals surface area contributed by atoms with Gasteiger partial charge in [0.1, 0.15) is 0 Å². The van der Waals surface area contributed by atoms with Crippen LogP contribution in [0.25, 0.3) is 0 Å². The Morgan fingerprint density at radius 3 is 1.26 bits per heavy atom. The largest absolute Gasteiger partial charge is 0.396 e. The molecule has 0 spiro atoms. The highest BCUT2D eigenvalue weighted by Crippen LogP contribution is 2.23. The summed E-state index contributed by atoms with van der Waals surface area (Å²) in [6.45, 7) is 15.0. The van der Waals surface area contributed by atoms with E-state index in [2.05, 4.69) is 41.5 Å². The Labute approximate surface area is 143 Å². The van der Waals surface area contributed by atoms with Crippen LogP contribution < -0.4 is 0 Å². The minimum atomic E-state index is -0.691. The first-order valence-corrected chi connectivity index (χ1v) is 8.91. The lowest BCUT2D eigenvalue weighted by Gasteiger charge is -2.29. The van der Waals surface area contributed by atoms with Crippen molar-refractivity contribution in [3.8, 4) is 0 Å². The third-order valence-corrected chi connectivity index (χ3v) is 3.92. The Balaban J connectivity index is 4.00. The van der Waals surface area contributed by atoms with Gasteiger partial charge in [-0.3, -0.25) is 0 Å². The van der Waals surface area contributed by atoms with E-state index in [1.54, 1.807) is 0 Å². The number of aliphatic hydroxyl groups excluding tert-OH is 2. The summed E-state index contributed by atoms with van der Waals surface area (Å²) in [6, 6.07) is 0. The summed E-state index contributed by atoms with van der Waals surface area (Å²) >= 11 is 0. The number of hydrogen-bond acceptors (Lipinski definition) is 4. The monoisotopic (exact) mass is 332 g/mol. The second-order valence-electron chi connectivity index (χ2n) is 9.25. The maximum absolute atomic E-state index is 9.63. The highest BCUT2D eigenvalue weighted by atomic mass is 16.5. The first kappa shape index (κ1) is 22.8. The lowest BCUT2D eigenvalue weighted by atomic mass is 9.90. The third-order valence-electron chi connectivity index (χ3n) is 3.92. The van der Waals surface area contributed by atoms with Gasteiger partial charge in [0.25, 0.3) is 0 Å². The maximum atomic E-state index is 9.63. The standard InChI is InChI=1S/C19H40O4/c1-17(2,3)9-7-11-22-15-19(13-20,14-21)16-23-12-8-10-18(4,5)6/h20-21H,7-16H2,1-6H3. The molecule has 0 amide bonds. The Kier molecular flexibility index (Phi) is 10.6. The molecule has 0 bridgehead atoms. The van der Waals surface area contributed by atoms with Crippen LogP contribution in [-0.4, -0.2) is 49.9 Å². The summed E-state index contributed by atoms with van der Waals surface area (Å²) in [4.78, 5) is 0. The Hall–Kier alpha value is -0.160. The smallest absolute Gasteiger partial charge is 0.0632 e. The van der Waals surface area contributed by atoms with Gasteiger partial charge in [0, 0.05) is 13.2 Å². The third kappa shape index (κ3) is 12.9. The quantitative estimate of drug-likeness (QED) is 0.536. The van der Waals surface area contributed by atoms with Crippen LogP contribution in [0.1, 0.15) is 67.2 Å². The summed E-state index contributed by atoms with van der Waals surface area (Å²) in [5, 5.41) is 19.3. The average Bonchev–Trinajstić information content (AvgIpc) is 2.42. The van der Waals surface area contributed by atoms with Crippen molar-refractivity contribution in [1.82, 2.24) is 0 Å². The van der Waals surface area contributed by atoms with Crippen LogP contribution in [0.5, 0.6) is 0 Å². The number of ether oxygens (including phenoxy) is 2. The predicted molar refractivity (Wildman–Crippen MR) is 95.6 cm³/mol.